The van der Waals surface area contributed by atoms with Crippen LogP contribution in [0, 0.1) is 0 Å². The molecule has 1 amide bonds. The van der Waals surface area contributed by atoms with Crippen LogP contribution in [0.15, 0.2) is 20.0 Å². The average molecular weight is 178 g/mol. The molecule has 0 aromatic heterocycles. The molecule has 0 bridgehead atoms. The molecule has 2 heterocycles. The van der Waals surface area contributed by atoms with E-state index in [4.69, 9.17) is 0 Å². The number of carbonyl (C=O) groups is 1. The summed E-state index contributed by atoms with van der Waals surface area (Å²) in [5, 5.41) is 0. The van der Waals surface area contributed by atoms with E-state index in [-0.39, 0.29) is 6.04 Å². The summed E-state index contributed by atoms with van der Waals surface area (Å²) in [6.45, 7) is 0. The number of carbonyl (C=O) groups excluding carboxylic acids is 1. The third-order valence-corrected chi connectivity index (χ3v) is 1.56. The molecular weight excluding hydrogens is 172 g/mol. The lowest BCUT2D eigenvalue weighted by molar-refractivity contribution is -0.110. The van der Waals surface area contributed by atoms with Gasteiger partial charge in [0.25, 0.3) is 0 Å². The van der Waals surface area contributed by atoms with E-state index in [1.54, 1.807) is 0 Å². The third-order valence-electron chi connectivity index (χ3n) is 1.56. The van der Waals surface area contributed by atoms with Crippen molar-refractivity contribution in [3.05, 3.63) is 0 Å². The van der Waals surface area contributed by atoms with Crippen molar-refractivity contribution >= 4 is 30.8 Å². The number of rotatable bonds is 2. The summed E-state index contributed by atoms with van der Waals surface area (Å²) in [5.41, 5.74) is 4.87. The van der Waals surface area contributed by atoms with Gasteiger partial charge in [-0.1, -0.05) is 0 Å². The van der Waals surface area contributed by atoms with Gasteiger partial charge in [0.05, 0.1) is 0 Å². The summed E-state index contributed by atoms with van der Waals surface area (Å²) in [6.07, 6.45) is 3.29. The second kappa shape index (κ2) is 3.13. The highest BCUT2D eigenvalue weighted by Gasteiger charge is 2.25. The van der Waals surface area contributed by atoms with Gasteiger partial charge in [-0.15, -0.1) is 0 Å². The highest BCUT2D eigenvalue weighted by atomic mass is 16.1. The molecule has 0 saturated carbocycles. The second-order valence-electron chi connectivity index (χ2n) is 2.30. The van der Waals surface area contributed by atoms with Crippen molar-refractivity contribution in [1.82, 2.24) is 10.9 Å². The predicted octanol–water partition coefficient (Wildman–Crippen LogP) is -1.51. The Morgan fingerprint density at radius 3 is 3.15 bits per heavy atom. The number of fused-ring (bicyclic) bond motifs is 1. The van der Waals surface area contributed by atoms with Gasteiger partial charge in [0.2, 0.25) is 6.41 Å². The Kier molecular flexibility index (Phi) is 1.83. The van der Waals surface area contributed by atoms with Gasteiger partial charge in [-0.3, -0.25) is 20.6 Å². The monoisotopic (exact) mass is 178 g/mol. The van der Waals surface area contributed by atoms with Gasteiger partial charge in [0.1, 0.15) is 12.7 Å². The molecule has 1 unspecified atom stereocenters. The molecule has 0 radical (unpaired) electrons. The Bertz CT molecular complexity index is 341. The lowest BCUT2D eigenvalue weighted by atomic mass is 10.2. The molecule has 0 aromatic carbocycles. The summed E-state index contributed by atoms with van der Waals surface area (Å²) in [7, 11) is 0. The maximum Gasteiger partial charge on any atom is 0.225 e. The Labute approximate surface area is 73.4 Å². The van der Waals surface area contributed by atoms with Gasteiger partial charge in [-0.05, 0) is 0 Å². The number of amides is 1. The van der Waals surface area contributed by atoms with E-state index < -0.39 is 0 Å². The van der Waals surface area contributed by atoms with Crippen LogP contribution in [-0.2, 0) is 4.79 Å². The van der Waals surface area contributed by atoms with E-state index in [0.717, 1.165) is 0 Å². The van der Waals surface area contributed by atoms with Crippen LogP contribution in [0.4, 0.5) is 0 Å². The molecule has 0 spiro atoms. The molecule has 2 rings (SSSR count). The Hall–Kier alpha value is -2.05. The molecule has 7 nitrogen and oxygen atoms in total. The minimum Gasteiger partial charge on any atom is -0.283 e. The first-order valence-electron chi connectivity index (χ1n) is 3.56. The van der Waals surface area contributed by atoms with Crippen LogP contribution < -0.4 is 10.9 Å². The second-order valence-corrected chi connectivity index (χ2v) is 2.30. The van der Waals surface area contributed by atoms with E-state index in [0.29, 0.717) is 18.1 Å². The molecular formula is C6H6N6O. The van der Waals surface area contributed by atoms with Crippen molar-refractivity contribution in [2.75, 3.05) is 0 Å². The lowest BCUT2D eigenvalue weighted by Crippen LogP contribution is -2.45. The van der Waals surface area contributed by atoms with E-state index in [2.05, 4.69) is 30.8 Å². The van der Waals surface area contributed by atoms with Crippen LogP contribution in [0.2, 0.25) is 0 Å². The van der Waals surface area contributed by atoms with Gasteiger partial charge >= 0.3 is 0 Å². The van der Waals surface area contributed by atoms with Crippen molar-refractivity contribution in [2.45, 2.75) is 6.04 Å². The van der Waals surface area contributed by atoms with Crippen molar-refractivity contribution in [2.24, 2.45) is 20.0 Å². The number of hydrogen-bond donors (Lipinski definition) is 2. The lowest BCUT2D eigenvalue weighted by Gasteiger charge is -2.14. The van der Waals surface area contributed by atoms with Crippen molar-refractivity contribution in [1.29, 1.82) is 0 Å². The summed E-state index contributed by atoms with van der Waals surface area (Å²) in [6, 6.07) is -0.308. The first kappa shape index (κ1) is 7.59. The van der Waals surface area contributed by atoms with Gasteiger partial charge in [-0.2, -0.15) is 0 Å². The standard InChI is InChI=1S/C6H6N6O/c13-3-11-12-6-4-5(8-1-7-4)9-2-10-6/h1-4H,(H,11,13)(H,7,8,9,10,12). The minimum absolute atomic E-state index is 0.308. The zero-order valence-electron chi connectivity index (χ0n) is 6.51. The topological polar surface area (TPSA) is 90.6 Å². The minimum atomic E-state index is -0.308. The van der Waals surface area contributed by atoms with Crippen LogP contribution in [0.25, 0.3) is 0 Å². The molecule has 2 aliphatic rings. The average Bonchev–Trinajstić information content (AvgIpc) is 2.62. The number of hydrazine groups is 1. The van der Waals surface area contributed by atoms with Gasteiger partial charge in [-0.25, -0.2) is 15.0 Å². The molecule has 66 valence electrons. The smallest absolute Gasteiger partial charge is 0.225 e. The van der Waals surface area contributed by atoms with Gasteiger partial charge < -0.3 is 0 Å². The summed E-state index contributed by atoms with van der Waals surface area (Å²) in [4.78, 5) is 25.7. The van der Waals surface area contributed by atoms with Crippen LogP contribution in [0.3, 0.4) is 0 Å². The van der Waals surface area contributed by atoms with Crippen LogP contribution >= 0.6 is 0 Å². The van der Waals surface area contributed by atoms with Crippen molar-refractivity contribution in [3.63, 3.8) is 0 Å². The largest absolute Gasteiger partial charge is 0.283 e. The van der Waals surface area contributed by atoms with Gasteiger partial charge in [0.15, 0.2) is 17.7 Å². The first-order valence-corrected chi connectivity index (χ1v) is 3.56. The Morgan fingerprint density at radius 2 is 2.31 bits per heavy atom. The molecule has 2 aliphatic heterocycles. The summed E-state index contributed by atoms with van der Waals surface area (Å²) >= 11 is 0. The molecule has 0 saturated heterocycles. The Balaban J connectivity index is 2.14. The number of nitrogens with zero attached hydrogens (tertiary/aromatic N) is 4. The number of hydrogen-bond acceptors (Lipinski definition) is 6. The maximum atomic E-state index is 10.0. The predicted molar refractivity (Wildman–Crippen MR) is 48.0 cm³/mol. The quantitative estimate of drug-likeness (QED) is 0.397. The van der Waals surface area contributed by atoms with Crippen LogP contribution in [0.1, 0.15) is 0 Å². The van der Waals surface area contributed by atoms with Crippen LogP contribution in [0.5, 0.6) is 0 Å². The van der Waals surface area contributed by atoms with E-state index in [1.807, 2.05) is 0 Å². The third kappa shape index (κ3) is 1.31. The maximum absolute atomic E-state index is 10.0. The molecule has 1 atom stereocenters. The molecule has 7 heteroatoms. The number of nitrogens with one attached hydrogen (secondary N) is 2. The van der Waals surface area contributed by atoms with Crippen LogP contribution in [-0.4, -0.2) is 36.8 Å². The molecule has 0 aliphatic carbocycles. The van der Waals surface area contributed by atoms with E-state index >= 15 is 0 Å². The molecule has 0 fully saturated rings. The number of amidine groups is 2. The molecule has 2 N–H and O–H groups in total. The van der Waals surface area contributed by atoms with Crippen molar-refractivity contribution in [3.8, 4) is 0 Å². The SMILES string of the molecule is O=CNNC1=NC=NC2=NC=NC21. The highest BCUT2D eigenvalue weighted by Crippen LogP contribution is 2.06. The zero-order valence-corrected chi connectivity index (χ0v) is 6.51. The van der Waals surface area contributed by atoms with E-state index in [9.17, 15) is 4.79 Å². The fraction of sp³-hybridized carbons (Fsp3) is 0.167. The summed E-state index contributed by atoms with van der Waals surface area (Å²) < 4.78 is 0. The Morgan fingerprint density at radius 1 is 1.38 bits per heavy atom. The molecule has 13 heavy (non-hydrogen) atoms. The summed E-state index contributed by atoms with van der Waals surface area (Å²) in [5.74, 6) is 1.08. The van der Waals surface area contributed by atoms with Gasteiger partial charge in [0, 0.05) is 0 Å². The fourth-order valence-corrected chi connectivity index (χ4v) is 1.02. The van der Waals surface area contributed by atoms with E-state index in [1.165, 1.54) is 12.7 Å². The molecule has 0 aromatic rings. The zero-order chi connectivity index (χ0) is 9.10. The number of aliphatic imine (C=N–C) groups is 4. The highest BCUT2D eigenvalue weighted by molar-refractivity contribution is 6.19. The fourth-order valence-electron chi connectivity index (χ4n) is 1.02. The normalized spacial score (nSPS) is 23.2. The van der Waals surface area contributed by atoms with Crippen molar-refractivity contribution < 1.29 is 4.79 Å². The first-order chi connectivity index (χ1) is 6.42.